The van der Waals surface area contributed by atoms with Gasteiger partial charge in [-0.3, -0.25) is 4.90 Å². The van der Waals surface area contributed by atoms with Gasteiger partial charge in [0.25, 0.3) is 0 Å². The highest BCUT2D eigenvalue weighted by Gasteiger charge is 2.40. The van der Waals surface area contributed by atoms with Gasteiger partial charge in [0, 0.05) is 55.6 Å². The smallest absolute Gasteiger partial charge is 0.159 e. The van der Waals surface area contributed by atoms with Crippen LogP contribution in [0.3, 0.4) is 0 Å². The number of aryl methyl sites for hydroxylation is 3. The molecule has 0 amide bonds. The van der Waals surface area contributed by atoms with Crippen molar-refractivity contribution in [1.29, 1.82) is 0 Å². The highest BCUT2D eigenvalue weighted by molar-refractivity contribution is 5.60. The summed E-state index contributed by atoms with van der Waals surface area (Å²) in [5.41, 5.74) is 7.83. The maximum absolute atomic E-state index is 11.2. The number of aldehydes is 1. The predicted octanol–water partition coefficient (Wildman–Crippen LogP) is 2.08. The van der Waals surface area contributed by atoms with Crippen LogP contribution in [0, 0.1) is 13.8 Å². The molecule has 2 aromatic heterocycles. The van der Waals surface area contributed by atoms with Crippen molar-refractivity contribution in [3.63, 3.8) is 0 Å². The fourth-order valence-corrected chi connectivity index (χ4v) is 5.80. The molecule has 2 fully saturated rings. The molecule has 3 aromatic rings. The van der Waals surface area contributed by atoms with Gasteiger partial charge in [-0.05, 0) is 43.9 Å². The molecule has 4 unspecified atom stereocenters. The number of aromatic nitrogens is 3. The molecule has 4 atom stereocenters. The quantitative estimate of drug-likeness (QED) is 0.406. The Balaban J connectivity index is 1.25. The summed E-state index contributed by atoms with van der Waals surface area (Å²) in [6.45, 7) is 9.56. The van der Waals surface area contributed by atoms with Crippen molar-refractivity contribution in [3.8, 4) is 0 Å². The van der Waals surface area contributed by atoms with E-state index in [0.29, 0.717) is 12.6 Å². The maximum atomic E-state index is 11.2. The monoisotopic (exact) mass is 502 g/mol. The van der Waals surface area contributed by atoms with Crippen LogP contribution in [0.1, 0.15) is 47.1 Å². The number of carbonyl (C=O) groups excluding carboxylic acids is 1. The van der Waals surface area contributed by atoms with Crippen molar-refractivity contribution in [1.82, 2.24) is 30.1 Å². The van der Waals surface area contributed by atoms with Crippen LogP contribution in [0.2, 0.25) is 0 Å². The summed E-state index contributed by atoms with van der Waals surface area (Å²) in [6, 6.07) is 10.6. The minimum Gasteiger partial charge on any atom is -0.389 e. The van der Waals surface area contributed by atoms with Gasteiger partial charge in [-0.15, -0.1) is 0 Å². The Bertz CT molecular complexity index is 1270. The normalized spacial score (nSPS) is 24.9. The van der Waals surface area contributed by atoms with Gasteiger partial charge in [-0.2, -0.15) is 5.10 Å². The lowest BCUT2D eigenvalue weighted by Gasteiger charge is -2.41. The van der Waals surface area contributed by atoms with Crippen molar-refractivity contribution in [2.24, 2.45) is 0 Å². The van der Waals surface area contributed by atoms with Crippen LogP contribution in [0.15, 0.2) is 36.4 Å². The standard InChI is InChI=1S/C29H38N6O2/c1-4-25-24(29-32-19(2)14-20(3)35(29)33-25)15-22-10-8-21(9-11-22)6-5-7-23-16-30-12-13-34(23)27-17-31-26(18-36)28(27)37/h5-6,8-11,14,18,23,26-28,30-31,37H,4,7,12-13,15-17H2,1-3H3. The molecular formula is C29H38N6O2. The minimum absolute atomic E-state index is 0.0232. The first-order valence-electron chi connectivity index (χ1n) is 13.4. The third-order valence-electron chi connectivity index (χ3n) is 7.78. The van der Waals surface area contributed by atoms with Gasteiger partial charge in [0.05, 0.1) is 23.9 Å². The molecule has 2 saturated heterocycles. The number of hydrogen-bond donors (Lipinski definition) is 3. The van der Waals surface area contributed by atoms with Gasteiger partial charge in [-0.25, -0.2) is 9.50 Å². The molecule has 3 N–H and O–H groups in total. The van der Waals surface area contributed by atoms with E-state index in [1.165, 1.54) is 16.7 Å². The number of fused-ring (bicyclic) bond motifs is 1. The van der Waals surface area contributed by atoms with E-state index in [9.17, 15) is 9.90 Å². The highest BCUT2D eigenvalue weighted by atomic mass is 16.3. The lowest BCUT2D eigenvalue weighted by Crippen LogP contribution is -2.58. The maximum Gasteiger partial charge on any atom is 0.159 e. The van der Waals surface area contributed by atoms with Gasteiger partial charge in [0.2, 0.25) is 0 Å². The van der Waals surface area contributed by atoms with Gasteiger partial charge in [-0.1, -0.05) is 43.3 Å². The molecule has 2 aliphatic rings. The van der Waals surface area contributed by atoms with E-state index in [2.05, 4.69) is 71.9 Å². The Labute approximate surface area is 218 Å². The first kappa shape index (κ1) is 25.7. The summed E-state index contributed by atoms with van der Waals surface area (Å²) >= 11 is 0. The average molecular weight is 503 g/mol. The number of aliphatic hydroxyl groups is 1. The zero-order chi connectivity index (χ0) is 25.9. The Kier molecular flexibility index (Phi) is 7.81. The lowest BCUT2D eigenvalue weighted by atomic mass is 10.0. The van der Waals surface area contributed by atoms with Crippen LogP contribution in [0.25, 0.3) is 11.7 Å². The van der Waals surface area contributed by atoms with E-state index in [1.54, 1.807) is 0 Å². The van der Waals surface area contributed by atoms with Crippen molar-refractivity contribution in [2.45, 2.75) is 64.3 Å². The fraction of sp³-hybridized carbons (Fsp3) is 0.483. The Morgan fingerprint density at radius 1 is 1.19 bits per heavy atom. The lowest BCUT2D eigenvalue weighted by molar-refractivity contribution is -0.111. The van der Waals surface area contributed by atoms with Crippen LogP contribution in [-0.2, 0) is 17.6 Å². The van der Waals surface area contributed by atoms with Gasteiger partial charge in [0.15, 0.2) is 5.65 Å². The van der Waals surface area contributed by atoms with E-state index < -0.39 is 12.1 Å². The van der Waals surface area contributed by atoms with Crippen molar-refractivity contribution >= 4 is 18.0 Å². The van der Waals surface area contributed by atoms with E-state index in [1.807, 2.05) is 11.4 Å². The molecule has 0 radical (unpaired) electrons. The number of nitrogens with one attached hydrogen (secondary N) is 2. The SMILES string of the molecule is CCc1nn2c(C)cc(C)nc2c1Cc1ccc(C=CCC2CNCCN2C2CNC(C=O)C2O)cc1. The predicted molar refractivity (Wildman–Crippen MR) is 146 cm³/mol. The number of piperazine rings is 1. The number of hydrogen-bond acceptors (Lipinski definition) is 7. The number of nitrogens with zero attached hydrogens (tertiary/aromatic N) is 4. The first-order chi connectivity index (χ1) is 18.0. The molecule has 8 heteroatoms. The number of benzene rings is 1. The van der Waals surface area contributed by atoms with Crippen LogP contribution in [0.5, 0.6) is 0 Å². The summed E-state index contributed by atoms with van der Waals surface area (Å²) in [5.74, 6) is 0. The Morgan fingerprint density at radius 2 is 2.00 bits per heavy atom. The summed E-state index contributed by atoms with van der Waals surface area (Å²) in [4.78, 5) is 18.4. The molecule has 196 valence electrons. The molecule has 0 aliphatic carbocycles. The Morgan fingerprint density at radius 3 is 2.73 bits per heavy atom. The molecule has 37 heavy (non-hydrogen) atoms. The number of aliphatic hydroxyl groups excluding tert-OH is 1. The van der Waals surface area contributed by atoms with E-state index in [-0.39, 0.29) is 6.04 Å². The summed E-state index contributed by atoms with van der Waals surface area (Å²) in [5, 5.41) is 22.0. The molecule has 8 nitrogen and oxygen atoms in total. The first-order valence-corrected chi connectivity index (χ1v) is 13.4. The Hall–Kier alpha value is -2.91. The van der Waals surface area contributed by atoms with Crippen LogP contribution in [-0.4, -0.2) is 81.3 Å². The summed E-state index contributed by atoms with van der Waals surface area (Å²) < 4.78 is 1.97. The molecular weight excluding hydrogens is 464 g/mol. The zero-order valence-corrected chi connectivity index (χ0v) is 22.0. The van der Waals surface area contributed by atoms with Crippen molar-refractivity contribution < 1.29 is 9.90 Å². The molecule has 0 bridgehead atoms. The fourth-order valence-electron chi connectivity index (χ4n) is 5.80. The second kappa shape index (κ2) is 11.2. The zero-order valence-electron chi connectivity index (χ0n) is 22.0. The number of rotatable bonds is 8. The molecule has 2 aliphatic heterocycles. The van der Waals surface area contributed by atoms with Gasteiger partial charge < -0.3 is 20.5 Å². The molecule has 1 aromatic carbocycles. The van der Waals surface area contributed by atoms with Crippen LogP contribution < -0.4 is 10.6 Å². The van der Waals surface area contributed by atoms with Crippen LogP contribution >= 0.6 is 0 Å². The number of carbonyl (C=O) groups is 1. The topological polar surface area (TPSA) is 94.8 Å². The summed E-state index contributed by atoms with van der Waals surface area (Å²) in [7, 11) is 0. The second-order valence-electron chi connectivity index (χ2n) is 10.3. The molecule has 0 saturated carbocycles. The van der Waals surface area contributed by atoms with Crippen LogP contribution in [0.4, 0.5) is 0 Å². The van der Waals surface area contributed by atoms with E-state index >= 15 is 0 Å². The minimum atomic E-state index is -0.654. The van der Waals surface area contributed by atoms with E-state index in [4.69, 9.17) is 10.1 Å². The largest absolute Gasteiger partial charge is 0.389 e. The van der Waals surface area contributed by atoms with Gasteiger partial charge in [0.1, 0.15) is 6.29 Å². The van der Waals surface area contributed by atoms with Crippen molar-refractivity contribution in [3.05, 3.63) is 70.2 Å². The second-order valence-corrected chi connectivity index (χ2v) is 10.3. The van der Waals surface area contributed by atoms with Gasteiger partial charge >= 0.3 is 0 Å². The average Bonchev–Trinajstić information content (AvgIpc) is 3.45. The highest BCUT2D eigenvalue weighted by Crippen LogP contribution is 2.23. The van der Waals surface area contributed by atoms with Crippen molar-refractivity contribution in [2.75, 3.05) is 26.2 Å². The molecule has 4 heterocycles. The third kappa shape index (κ3) is 5.38. The molecule has 0 spiro atoms. The summed E-state index contributed by atoms with van der Waals surface area (Å²) in [6.07, 6.45) is 7.15. The molecule has 5 rings (SSSR count). The van der Waals surface area contributed by atoms with E-state index in [0.717, 1.165) is 67.9 Å². The third-order valence-corrected chi connectivity index (χ3v) is 7.78.